The number of nitrogens with zero attached hydrogens (tertiary/aromatic N) is 2. The molecule has 1 fully saturated rings. The number of fused-ring (bicyclic) bond motifs is 1. The van der Waals surface area contributed by atoms with Crippen molar-refractivity contribution in [1.29, 1.82) is 0 Å². The van der Waals surface area contributed by atoms with Crippen molar-refractivity contribution >= 4 is 34.8 Å². The number of imide groups is 2. The van der Waals surface area contributed by atoms with E-state index in [1.165, 1.54) is 0 Å². The van der Waals surface area contributed by atoms with Crippen LogP contribution in [-0.2, 0) is 16.1 Å². The van der Waals surface area contributed by atoms with Crippen molar-refractivity contribution in [1.82, 2.24) is 14.8 Å². The molecule has 2 heterocycles. The van der Waals surface area contributed by atoms with E-state index in [2.05, 4.69) is 9.88 Å². The predicted octanol–water partition coefficient (Wildman–Crippen LogP) is 2.92. The molecule has 3 rings (SSSR count). The minimum Gasteiger partial charge on any atom is -0.347 e. The summed E-state index contributed by atoms with van der Waals surface area (Å²) in [6, 6.07) is 7.19. The van der Waals surface area contributed by atoms with Crippen molar-refractivity contribution in [3.05, 3.63) is 41.6 Å². The monoisotopic (exact) mass is 339 g/mol. The first-order valence-electron chi connectivity index (χ1n) is 8.53. The summed E-state index contributed by atoms with van der Waals surface area (Å²) in [4.78, 5) is 37.9. The molecule has 0 saturated carbocycles. The van der Waals surface area contributed by atoms with Gasteiger partial charge < -0.3 is 4.57 Å². The van der Waals surface area contributed by atoms with Crippen molar-refractivity contribution in [2.75, 3.05) is 6.54 Å². The summed E-state index contributed by atoms with van der Waals surface area (Å²) in [6.45, 7) is 5.11. The Morgan fingerprint density at radius 3 is 2.60 bits per heavy atom. The summed E-state index contributed by atoms with van der Waals surface area (Å²) in [5.41, 5.74) is 1.83. The highest BCUT2D eigenvalue weighted by Crippen LogP contribution is 2.25. The average molecular weight is 339 g/mol. The summed E-state index contributed by atoms with van der Waals surface area (Å²) in [7, 11) is 0. The van der Waals surface area contributed by atoms with Crippen LogP contribution in [0.4, 0.5) is 4.79 Å². The number of aryl methyl sites for hydroxylation is 1. The van der Waals surface area contributed by atoms with Gasteiger partial charge in [-0.3, -0.25) is 19.8 Å². The number of rotatable bonds is 5. The van der Waals surface area contributed by atoms with Gasteiger partial charge >= 0.3 is 6.03 Å². The standard InChI is InChI=1S/C19H21N3O3/c1-3-5-10-22-18(24)15(17(23)20-19(22)25)11-13-12-21(4-2)16-9-7-6-8-14(13)16/h6-9,11-12H,3-5,10H2,1-2H3,(H,20,23,25)/b15-11-. The van der Waals surface area contributed by atoms with Crippen molar-refractivity contribution in [3.8, 4) is 0 Å². The maximum absolute atomic E-state index is 12.6. The number of para-hydroxylation sites is 1. The number of amides is 4. The van der Waals surface area contributed by atoms with Gasteiger partial charge in [-0.25, -0.2) is 4.79 Å². The number of barbiturate groups is 1. The molecule has 6 nitrogen and oxygen atoms in total. The first-order valence-corrected chi connectivity index (χ1v) is 8.53. The number of carbonyl (C=O) groups is 3. The number of carbonyl (C=O) groups excluding carboxylic acids is 3. The quantitative estimate of drug-likeness (QED) is 0.672. The van der Waals surface area contributed by atoms with Crippen LogP contribution in [0, 0.1) is 0 Å². The minimum absolute atomic E-state index is 0.00490. The molecule has 25 heavy (non-hydrogen) atoms. The molecule has 0 aliphatic carbocycles. The second kappa shape index (κ2) is 6.93. The average Bonchev–Trinajstić information content (AvgIpc) is 2.96. The molecular formula is C19H21N3O3. The van der Waals surface area contributed by atoms with E-state index in [4.69, 9.17) is 0 Å². The lowest BCUT2D eigenvalue weighted by atomic mass is 10.1. The summed E-state index contributed by atoms with van der Waals surface area (Å²) in [5, 5.41) is 3.23. The number of urea groups is 1. The molecule has 0 unspecified atom stereocenters. The SMILES string of the molecule is CCCCN1C(=O)NC(=O)/C(=C/c2cn(CC)c3ccccc23)C1=O. The van der Waals surface area contributed by atoms with Gasteiger partial charge in [-0.05, 0) is 25.5 Å². The van der Waals surface area contributed by atoms with E-state index < -0.39 is 17.8 Å². The maximum Gasteiger partial charge on any atom is 0.331 e. The van der Waals surface area contributed by atoms with Gasteiger partial charge in [0.05, 0.1) is 0 Å². The van der Waals surface area contributed by atoms with Crippen LogP contribution in [0.5, 0.6) is 0 Å². The number of benzene rings is 1. The molecule has 1 aliphatic heterocycles. The fourth-order valence-corrected chi connectivity index (χ4v) is 3.02. The highest BCUT2D eigenvalue weighted by molar-refractivity contribution is 6.31. The Morgan fingerprint density at radius 1 is 1.12 bits per heavy atom. The van der Waals surface area contributed by atoms with Crippen molar-refractivity contribution in [3.63, 3.8) is 0 Å². The fourth-order valence-electron chi connectivity index (χ4n) is 3.02. The molecule has 0 atom stereocenters. The van der Waals surface area contributed by atoms with Crippen LogP contribution in [0.15, 0.2) is 36.0 Å². The molecule has 4 amide bonds. The van der Waals surface area contributed by atoms with Crippen LogP contribution in [-0.4, -0.2) is 33.9 Å². The van der Waals surface area contributed by atoms with E-state index in [1.54, 1.807) is 6.08 Å². The molecule has 1 aliphatic rings. The third-order valence-corrected chi connectivity index (χ3v) is 4.38. The molecule has 1 aromatic carbocycles. The van der Waals surface area contributed by atoms with E-state index in [0.717, 1.165) is 34.3 Å². The number of aromatic nitrogens is 1. The Bertz CT molecular complexity index is 879. The van der Waals surface area contributed by atoms with Gasteiger partial charge in [0, 0.05) is 35.8 Å². The summed E-state index contributed by atoms with van der Waals surface area (Å²) in [5.74, 6) is -1.17. The van der Waals surface area contributed by atoms with E-state index >= 15 is 0 Å². The summed E-state index contributed by atoms with van der Waals surface area (Å²) in [6.07, 6.45) is 5.06. The second-order valence-corrected chi connectivity index (χ2v) is 6.02. The molecule has 0 spiro atoms. The van der Waals surface area contributed by atoms with Gasteiger partial charge in [-0.2, -0.15) is 0 Å². The van der Waals surface area contributed by atoms with Gasteiger partial charge in [-0.15, -0.1) is 0 Å². The van der Waals surface area contributed by atoms with Crippen LogP contribution in [0.1, 0.15) is 32.3 Å². The van der Waals surface area contributed by atoms with Crippen molar-refractivity contribution < 1.29 is 14.4 Å². The van der Waals surface area contributed by atoms with E-state index in [1.807, 2.05) is 44.3 Å². The van der Waals surface area contributed by atoms with Crippen molar-refractivity contribution in [2.24, 2.45) is 0 Å². The molecule has 1 N–H and O–H groups in total. The molecule has 0 radical (unpaired) electrons. The lowest BCUT2D eigenvalue weighted by Crippen LogP contribution is -2.54. The third kappa shape index (κ3) is 3.07. The Morgan fingerprint density at radius 2 is 1.88 bits per heavy atom. The van der Waals surface area contributed by atoms with Gasteiger partial charge in [0.2, 0.25) is 0 Å². The van der Waals surface area contributed by atoms with E-state index in [0.29, 0.717) is 13.0 Å². The Balaban J connectivity index is 2.03. The van der Waals surface area contributed by atoms with Gasteiger partial charge in [0.25, 0.3) is 11.8 Å². The lowest BCUT2D eigenvalue weighted by molar-refractivity contribution is -0.130. The molecular weight excluding hydrogens is 318 g/mol. The molecule has 1 saturated heterocycles. The van der Waals surface area contributed by atoms with E-state index in [9.17, 15) is 14.4 Å². The number of nitrogens with one attached hydrogen (secondary N) is 1. The zero-order valence-corrected chi connectivity index (χ0v) is 14.4. The van der Waals surface area contributed by atoms with Crippen LogP contribution in [0.2, 0.25) is 0 Å². The second-order valence-electron chi connectivity index (χ2n) is 6.02. The first kappa shape index (κ1) is 17.0. The highest BCUT2D eigenvalue weighted by Gasteiger charge is 2.35. The maximum atomic E-state index is 12.6. The smallest absolute Gasteiger partial charge is 0.331 e. The Labute approximate surface area is 146 Å². The molecule has 0 bridgehead atoms. The Hall–Kier alpha value is -2.89. The van der Waals surface area contributed by atoms with Crippen LogP contribution < -0.4 is 5.32 Å². The topological polar surface area (TPSA) is 71.4 Å². The van der Waals surface area contributed by atoms with Crippen LogP contribution >= 0.6 is 0 Å². The molecule has 1 aromatic heterocycles. The fraction of sp³-hybridized carbons (Fsp3) is 0.316. The van der Waals surface area contributed by atoms with Crippen LogP contribution in [0.25, 0.3) is 17.0 Å². The lowest BCUT2D eigenvalue weighted by Gasteiger charge is -2.26. The number of unbranched alkanes of at least 4 members (excludes halogenated alkanes) is 1. The van der Waals surface area contributed by atoms with E-state index in [-0.39, 0.29) is 5.57 Å². The molecule has 130 valence electrons. The Kier molecular flexibility index (Phi) is 4.70. The zero-order chi connectivity index (χ0) is 18.0. The largest absolute Gasteiger partial charge is 0.347 e. The van der Waals surface area contributed by atoms with Crippen LogP contribution in [0.3, 0.4) is 0 Å². The normalized spacial score (nSPS) is 16.8. The number of hydrogen-bond acceptors (Lipinski definition) is 3. The van der Waals surface area contributed by atoms with Crippen molar-refractivity contribution in [2.45, 2.75) is 33.2 Å². The number of hydrogen-bond donors (Lipinski definition) is 1. The minimum atomic E-state index is -0.643. The zero-order valence-electron chi connectivity index (χ0n) is 14.4. The van der Waals surface area contributed by atoms with Gasteiger partial charge in [0.1, 0.15) is 5.57 Å². The predicted molar refractivity (Wildman–Crippen MR) is 95.7 cm³/mol. The highest BCUT2D eigenvalue weighted by atomic mass is 16.2. The molecule has 6 heteroatoms. The third-order valence-electron chi connectivity index (χ3n) is 4.38. The van der Waals surface area contributed by atoms with Gasteiger partial charge in [0.15, 0.2) is 0 Å². The first-order chi connectivity index (χ1) is 12.1. The summed E-state index contributed by atoms with van der Waals surface area (Å²) >= 11 is 0. The summed E-state index contributed by atoms with van der Waals surface area (Å²) < 4.78 is 2.06. The van der Waals surface area contributed by atoms with Gasteiger partial charge in [-0.1, -0.05) is 31.5 Å². The molecule has 2 aromatic rings.